The fourth-order valence-electron chi connectivity index (χ4n) is 6.60. The highest BCUT2D eigenvalue weighted by molar-refractivity contribution is 7.09. The molecule has 0 fully saturated rings. The largest absolute Gasteiger partial charge is 0.399 e. The Morgan fingerprint density at radius 1 is 0.383 bits per heavy atom. The Kier molecular flexibility index (Phi) is 59.3. The van der Waals surface area contributed by atoms with Gasteiger partial charge in [-0.15, -0.1) is 0 Å². The van der Waals surface area contributed by atoms with Crippen LogP contribution in [0.4, 0.5) is 0 Å². The van der Waals surface area contributed by atoms with Crippen molar-refractivity contribution in [3.8, 4) is 0 Å². The number of oxime groups is 1. The van der Waals surface area contributed by atoms with E-state index in [1.54, 1.807) is 34.8 Å². The molecular weight excluding hydrogens is 1070 g/mol. The van der Waals surface area contributed by atoms with Gasteiger partial charge in [-0.1, -0.05) is 106 Å². The number of methoxy groups -OCH3 is 1. The minimum Gasteiger partial charge on any atom is -0.399 e. The van der Waals surface area contributed by atoms with Crippen molar-refractivity contribution in [1.29, 1.82) is 0 Å². The lowest BCUT2D eigenvalue weighted by Crippen LogP contribution is -2.42. The SMILES string of the molecule is CC(=O)CC(C)=NCCO.CCN(CC)CCN=C(C)CC(=O)[Si](C)(C)C.CCN(CC)CCN=C(C)CC(C)=O.CCN(CC)CCN=C(CC(=O)[Si](C)(C)C)[Si](C)(C)C.CO/N=C(\C)CC(C)=O.COCCN=C(C)CC(C)=O. The molecule has 81 heavy (non-hydrogen) atoms. The number of hydrogen-bond acceptors (Lipinski definition) is 18. The Morgan fingerprint density at radius 3 is 0.938 bits per heavy atom. The van der Waals surface area contributed by atoms with E-state index in [2.05, 4.69) is 145 Å². The van der Waals surface area contributed by atoms with Crippen molar-refractivity contribution >= 4 is 92.1 Å². The summed E-state index contributed by atoms with van der Waals surface area (Å²) in [4.78, 5) is 99.6. The van der Waals surface area contributed by atoms with Crippen molar-refractivity contribution in [2.45, 2.75) is 201 Å². The number of likely N-dealkylation sites (N-methyl/N-ethyl adjacent to an activating group) is 3. The van der Waals surface area contributed by atoms with Crippen LogP contribution in [-0.2, 0) is 38.3 Å². The van der Waals surface area contributed by atoms with Gasteiger partial charge in [-0.2, -0.15) is 0 Å². The average molecular weight is 1200 g/mol. The quantitative estimate of drug-likeness (QED) is 0.0268. The number of carbonyl (C=O) groups is 6. The summed E-state index contributed by atoms with van der Waals surface area (Å²) in [6, 6.07) is 0. The van der Waals surface area contributed by atoms with Gasteiger partial charge in [0.25, 0.3) is 0 Å². The maximum absolute atomic E-state index is 12.3. The van der Waals surface area contributed by atoms with E-state index in [0.29, 0.717) is 74.7 Å². The number of aliphatic hydroxyl groups is 1. The summed E-state index contributed by atoms with van der Waals surface area (Å²) in [7, 11) is -1.70. The molecule has 0 spiro atoms. The lowest BCUT2D eigenvalue weighted by Gasteiger charge is -2.23. The number of ether oxygens (including phenoxy) is 1. The van der Waals surface area contributed by atoms with Gasteiger partial charge in [0, 0.05) is 93.5 Å². The summed E-state index contributed by atoms with van der Waals surface area (Å²) in [6.45, 7) is 61.6. The summed E-state index contributed by atoms with van der Waals surface area (Å²) in [5, 5.41) is 14.0. The molecule has 0 radical (unpaired) electrons. The van der Waals surface area contributed by atoms with Gasteiger partial charge in [-0.25, -0.2) is 0 Å². The number of carbonyl (C=O) groups excluding carboxylic acids is 6. The van der Waals surface area contributed by atoms with Crippen molar-refractivity contribution in [1.82, 2.24) is 14.7 Å². The molecule has 0 aliphatic carbocycles. The summed E-state index contributed by atoms with van der Waals surface area (Å²) >= 11 is 0. The Hall–Kier alpha value is -3.71. The van der Waals surface area contributed by atoms with Crippen LogP contribution in [0.25, 0.3) is 0 Å². The third-order valence-corrected chi connectivity index (χ3v) is 17.5. The lowest BCUT2D eigenvalue weighted by atomic mass is 10.2. The van der Waals surface area contributed by atoms with Crippen LogP contribution in [0.5, 0.6) is 0 Å². The molecule has 0 unspecified atom stereocenters. The minimum absolute atomic E-state index is 0.0508. The summed E-state index contributed by atoms with van der Waals surface area (Å²) in [5.74, 6) is 0.560. The Labute approximate surface area is 498 Å². The second-order valence-electron chi connectivity index (χ2n) is 23.1. The van der Waals surface area contributed by atoms with Gasteiger partial charge in [-0.3, -0.25) is 44.1 Å². The zero-order valence-corrected chi connectivity index (χ0v) is 59.8. The molecule has 474 valence electrons. The highest BCUT2D eigenvalue weighted by atomic mass is 28.3. The van der Waals surface area contributed by atoms with Gasteiger partial charge in [0.1, 0.15) is 57.2 Å². The molecule has 0 rings (SSSR count). The number of ketones is 4. The van der Waals surface area contributed by atoms with Gasteiger partial charge in [0.05, 0.1) is 59.7 Å². The van der Waals surface area contributed by atoms with Crippen LogP contribution in [0.2, 0.25) is 58.9 Å². The lowest BCUT2D eigenvalue weighted by molar-refractivity contribution is -0.116. The van der Waals surface area contributed by atoms with Crippen molar-refractivity contribution in [3.05, 3.63) is 0 Å². The predicted octanol–water partition coefficient (Wildman–Crippen LogP) is 10.4. The molecule has 0 aliphatic heterocycles. The van der Waals surface area contributed by atoms with E-state index < -0.39 is 24.2 Å². The monoisotopic (exact) mass is 1200 g/mol. The Balaban J connectivity index is -0.000000213. The zero-order valence-electron chi connectivity index (χ0n) is 56.8. The zero-order chi connectivity index (χ0) is 64.4. The molecule has 1 N–H and O–H groups in total. The first-order valence-electron chi connectivity index (χ1n) is 29.3. The van der Waals surface area contributed by atoms with E-state index in [9.17, 15) is 28.8 Å². The molecule has 0 amide bonds. The first kappa shape index (κ1) is 88.5. The molecule has 0 atom stereocenters. The van der Waals surface area contributed by atoms with Crippen LogP contribution in [0, 0.1) is 0 Å². The fourth-order valence-corrected chi connectivity index (χ4v) is 9.54. The molecule has 0 aromatic rings. The number of aliphatic hydroxyl groups excluding tert-OH is 1. The Morgan fingerprint density at radius 2 is 0.667 bits per heavy atom. The smallest absolute Gasteiger partial charge is 0.135 e. The average Bonchev–Trinajstić information content (AvgIpc) is 3.34. The first-order chi connectivity index (χ1) is 37.4. The van der Waals surface area contributed by atoms with Crippen LogP contribution in [0.3, 0.4) is 0 Å². The van der Waals surface area contributed by atoms with E-state index in [0.717, 1.165) is 101 Å². The van der Waals surface area contributed by atoms with Crippen LogP contribution >= 0.6 is 0 Å². The molecule has 0 bridgehead atoms. The summed E-state index contributed by atoms with van der Waals surface area (Å²) in [5.41, 5.74) is 4.33. The van der Waals surface area contributed by atoms with E-state index >= 15 is 0 Å². The minimum atomic E-state index is -1.68. The normalized spacial score (nSPS) is 12.6. The number of nitrogens with zero attached hydrogens (tertiary/aromatic N) is 9. The van der Waals surface area contributed by atoms with Crippen molar-refractivity contribution in [2.75, 3.05) is 119 Å². The molecule has 0 saturated carbocycles. The second kappa shape index (κ2) is 54.2. The van der Waals surface area contributed by atoms with Crippen LogP contribution < -0.4 is 0 Å². The third-order valence-electron chi connectivity index (χ3n) is 11.7. The molecule has 0 aliphatic rings. The van der Waals surface area contributed by atoms with Crippen molar-refractivity contribution in [3.63, 3.8) is 0 Å². The van der Waals surface area contributed by atoms with Gasteiger partial charge in [0.2, 0.25) is 0 Å². The number of aliphatic imine (C=N–C) groups is 5. The molecule has 21 heteroatoms. The molecule has 0 saturated heterocycles. The maximum Gasteiger partial charge on any atom is 0.135 e. The predicted molar refractivity (Wildman–Crippen MR) is 357 cm³/mol. The van der Waals surface area contributed by atoms with Gasteiger partial charge < -0.3 is 39.0 Å². The molecule has 18 nitrogen and oxygen atoms in total. The Bertz CT molecular complexity index is 1910. The summed E-state index contributed by atoms with van der Waals surface area (Å²) in [6.07, 6.45) is 2.90. The molecule has 0 heterocycles. The van der Waals surface area contributed by atoms with E-state index in [4.69, 9.17) is 14.8 Å². The standard InChI is InChI=1S/C15H34N2OSi2.C13H28N2OSi.C11H22N2O.C8H15NO2.C7H13NO2.C6H11NO2/c1-9-17(10-2)12-11-16-14(19(3,4)5)13-15(18)20(6,7)8;1-7-15(8-2)10-9-14-12(3)11-13(16)17(4,5)6;1-5-13(6-2)8-7-12-10(3)9-11(4)14;1-7(6-8(2)10)9-4-5-11-3;1-6(5-7(2)10)8-3-4-9;1-5(7-9-3)4-6(2)8/h9-13H2,1-8H3;7-11H2,1-6H3;5-9H2,1-4H3;4-6H2,1-3H3;9H,3-5H2,1-2H3;4H2,1-3H3/b;;;;;7-5+. The van der Waals surface area contributed by atoms with Crippen molar-refractivity contribution < 1.29 is 43.4 Å². The number of rotatable bonds is 36. The maximum atomic E-state index is 12.3. The second-order valence-corrected chi connectivity index (χ2v) is 38.3. The highest BCUT2D eigenvalue weighted by Gasteiger charge is 2.30. The van der Waals surface area contributed by atoms with E-state index in [-0.39, 0.29) is 29.7 Å². The van der Waals surface area contributed by atoms with Crippen LogP contribution in [0.1, 0.15) is 142 Å². The van der Waals surface area contributed by atoms with Gasteiger partial charge >= 0.3 is 0 Å². The fraction of sp³-hybridized carbons (Fsp3) is 0.800. The topological polar surface area (TPSA) is 225 Å². The van der Waals surface area contributed by atoms with Crippen LogP contribution in [0.15, 0.2) is 30.1 Å². The molecular formula is C60H123N9O9Si3. The van der Waals surface area contributed by atoms with Gasteiger partial charge in [0.15, 0.2) is 0 Å². The number of Topliss-reactive ketones (excluding diaryl/α,β-unsaturated/α-hetero) is 4. The van der Waals surface area contributed by atoms with E-state index in [1.807, 2.05) is 20.8 Å². The summed E-state index contributed by atoms with van der Waals surface area (Å²) < 4.78 is 4.81. The van der Waals surface area contributed by atoms with E-state index in [1.165, 1.54) is 26.3 Å². The third kappa shape index (κ3) is 65.3. The first-order valence-corrected chi connectivity index (χ1v) is 39.8. The van der Waals surface area contributed by atoms with Crippen molar-refractivity contribution in [2.24, 2.45) is 30.1 Å². The highest BCUT2D eigenvalue weighted by Crippen LogP contribution is 2.13. The molecule has 0 aromatic carbocycles. The van der Waals surface area contributed by atoms with Gasteiger partial charge in [-0.05, 0) is 102 Å². The molecule has 0 aromatic heterocycles. The van der Waals surface area contributed by atoms with Crippen LogP contribution in [-0.4, -0.2) is 231 Å². The number of hydrogen-bond donors (Lipinski definition) is 1.